The van der Waals surface area contributed by atoms with E-state index in [1.54, 1.807) is 16.5 Å². The second-order valence-electron chi connectivity index (χ2n) is 6.03. The van der Waals surface area contributed by atoms with E-state index in [0.717, 1.165) is 0 Å². The molecule has 4 atom stereocenters. The summed E-state index contributed by atoms with van der Waals surface area (Å²) in [5, 5.41) is 9.83. The highest BCUT2D eigenvalue weighted by Crippen LogP contribution is 2.51. The number of nitrogen functional groups attached to an aromatic ring is 1. The van der Waals surface area contributed by atoms with Gasteiger partial charge in [0.2, 0.25) is 5.95 Å². The van der Waals surface area contributed by atoms with Crippen molar-refractivity contribution in [3.63, 3.8) is 0 Å². The Kier molecular flexibility index (Phi) is 3.18. The average molecular weight is 352 g/mol. The van der Waals surface area contributed by atoms with Gasteiger partial charge in [0.1, 0.15) is 0 Å². The van der Waals surface area contributed by atoms with E-state index in [1.807, 2.05) is 0 Å². The van der Waals surface area contributed by atoms with Crippen molar-refractivity contribution in [3.05, 3.63) is 16.7 Å². The summed E-state index contributed by atoms with van der Waals surface area (Å²) in [6, 6.07) is -0.359. The number of fused-ring (bicyclic) bond motifs is 3. The highest BCUT2D eigenvalue weighted by atomic mass is 32.1. The number of carbonyl (C=O) groups is 1. The SMILES string of the molecule is CN1C(=O)[C@]2(CO)O[C@@H](n3cnc4c(=O)[nH]c(N)nc43)C1C2CS. The number of aliphatic hydroxyl groups excluding tert-OH is 1. The summed E-state index contributed by atoms with van der Waals surface area (Å²) in [7, 11) is 1.66. The molecule has 2 aliphatic heterocycles. The number of nitrogens with zero attached hydrogens (tertiary/aromatic N) is 4. The molecule has 11 heteroatoms. The van der Waals surface area contributed by atoms with Crippen molar-refractivity contribution in [2.45, 2.75) is 17.9 Å². The van der Waals surface area contributed by atoms with Gasteiger partial charge in [-0.2, -0.15) is 17.6 Å². The van der Waals surface area contributed by atoms with Crippen LogP contribution in [0.3, 0.4) is 0 Å². The summed E-state index contributed by atoms with van der Waals surface area (Å²) in [6.07, 6.45) is 0.784. The number of carbonyl (C=O) groups excluding carboxylic acids is 1. The molecule has 2 fully saturated rings. The molecule has 2 saturated heterocycles. The van der Waals surface area contributed by atoms with Crippen molar-refractivity contribution in [1.29, 1.82) is 0 Å². The number of imidazole rings is 1. The fraction of sp³-hybridized carbons (Fsp3) is 0.538. The van der Waals surface area contributed by atoms with E-state index in [1.165, 1.54) is 6.33 Å². The van der Waals surface area contributed by atoms with Gasteiger partial charge in [0, 0.05) is 13.0 Å². The zero-order valence-corrected chi connectivity index (χ0v) is 13.6. The highest BCUT2D eigenvalue weighted by molar-refractivity contribution is 7.80. The molecule has 128 valence electrons. The van der Waals surface area contributed by atoms with Gasteiger partial charge in [0.05, 0.1) is 19.0 Å². The van der Waals surface area contributed by atoms with Gasteiger partial charge in [-0.05, 0) is 5.75 Å². The minimum atomic E-state index is -1.34. The second-order valence-corrected chi connectivity index (χ2v) is 6.39. The summed E-state index contributed by atoms with van der Waals surface area (Å²) >= 11 is 4.32. The second kappa shape index (κ2) is 4.94. The summed E-state index contributed by atoms with van der Waals surface area (Å²) in [5.74, 6) is -0.254. The van der Waals surface area contributed by atoms with Crippen LogP contribution in [0.2, 0.25) is 0 Å². The molecule has 2 aromatic rings. The van der Waals surface area contributed by atoms with Gasteiger partial charge in [-0.15, -0.1) is 0 Å². The molecular weight excluding hydrogens is 336 g/mol. The number of ether oxygens (including phenoxy) is 1. The molecule has 4 heterocycles. The number of hydrogen-bond donors (Lipinski definition) is 4. The molecule has 4 N–H and O–H groups in total. The van der Waals surface area contributed by atoms with E-state index in [2.05, 4.69) is 27.6 Å². The van der Waals surface area contributed by atoms with E-state index in [9.17, 15) is 14.7 Å². The summed E-state index contributed by atoms with van der Waals surface area (Å²) in [4.78, 5) is 36.5. The number of aromatic amines is 1. The lowest BCUT2D eigenvalue weighted by molar-refractivity contribution is -0.179. The van der Waals surface area contributed by atoms with Crippen LogP contribution in [-0.4, -0.2) is 66.5 Å². The monoisotopic (exact) mass is 352 g/mol. The van der Waals surface area contributed by atoms with E-state index in [-0.39, 0.29) is 35.0 Å². The number of H-pyrrole nitrogens is 1. The molecule has 2 aromatic heterocycles. The number of amides is 1. The Balaban J connectivity index is 1.88. The molecule has 0 spiro atoms. The number of aliphatic hydroxyl groups is 1. The molecule has 0 saturated carbocycles. The van der Waals surface area contributed by atoms with Crippen molar-refractivity contribution < 1.29 is 14.6 Å². The van der Waals surface area contributed by atoms with Crippen LogP contribution >= 0.6 is 12.6 Å². The number of likely N-dealkylation sites (N-methyl/N-ethyl adjacent to an activating group) is 1. The Bertz CT molecular complexity index is 896. The van der Waals surface area contributed by atoms with Crippen molar-refractivity contribution in [2.24, 2.45) is 5.92 Å². The van der Waals surface area contributed by atoms with Gasteiger partial charge in [-0.3, -0.25) is 19.1 Å². The minimum absolute atomic E-state index is 0.0375. The Morgan fingerprint density at radius 2 is 2.29 bits per heavy atom. The molecule has 24 heavy (non-hydrogen) atoms. The molecule has 0 aromatic carbocycles. The van der Waals surface area contributed by atoms with Crippen molar-refractivity contribution in [3.8, 4) is 0 Å². The minimum Gasteiger partial charge on any atom is -0.393 e. The van der Waals surface area contributed by atoms with Crippen molar-refractivity contribution in [2.75, 3.05) is 25.1 Å². The normalized spacial score (nSPS) is 32.2. The van der Waals surface area contributed by atoms with Crippen LogP contribution in [0.4, 0.5) is 5.95 Å². The molecule has 0 aliphatic carbocycles. The lowest BCUT2D eigenvalue weighted by Gasteiger charge is -2.34. The van der Waals surface area contributed by atoms with Gasteiger partial charge in [-0.25, -0.2) is 4.98 Å². The van der Waals surface area contributed by atoms with Crippen LogP contribution in [0, 0.1) is 5.92 Å². The van der Waals surface area contributed by atoms with Crippen LogP contribution in [0.5, 0.6) is 0 Å². The number of nitrogens with two attached hydrogens (primary N) is 1. The van der Waals surface area contributed by atoms with Crippen molar-refractivity contribution >= 4 is 35.6 Å². The Morgan fingerprint density at radius 3 is 2.92 bits per heavy atom. The maximum atomic E-state index is 12.5. The number of anilines is 1. The molecule has 0 radical (unpaired) electrons. The highest BCUT2D eigenvalue weighted by Gasteiger charge is 2.68. The first-order chi connectivity index (χ1) is 11.4. The quantitative estimate of drug-likeness (QED) is 0.485. The molecule has 10 nitrogen and oxygen atoms in total. The Hall–Kier alpha value is -2.11. The number of rotatable bonds is 3. The molecule has 4 rings (SSSR count). The zero-order valence-electron chi connectivity index (χ0n) is 12.7. The molecule has 2 aliphatic rings. The maximum Gasteiger partial charge on any atom is 0.280 e. The summed E-state index contributed by atoms with van der Waals surface area (Å²) in [6.45, 7) is -0.447. The average Bonchev–Trinajstić information content (AvgIpc) is 3.16. The molecule has 1 amide bonds. The van der Waals surface area contributed by atoms with Crippen LogP contribution in [0.25, 0.3) is 11.2 Å². The zero-order chi connectivity index (χ0) is 17.2. The topological polar surface area (TPSA) is 139 Å². The van der Waals surface area contributed by atoms with Crippen LogP contribution < -0.4 is 11.3 Å². The fourth-order valence-corrected chi connectivity index (χ4v) is 4.29. The number of thiol groups is 1. The maximum absolute atomic E-state index is 12.5. The third kappa shape index (κ3) is 1.69. The number of hydrogen-bond acceptors (Lipinski definition) is 8. The lowest BCUT2D eigenvalue weighted by Crippen LogP contribution is -2.51. The van der Waals surface area contributed by atoms with E-state index in [4.69, 9.17) is 10.5 Å². The Morgan fingerprint density at radius 1 is 1.54 bits per heavy atom. The number of likely N-dealkylation sites (tertiary alicyclic amines) is 1. The van der Waals surface area contributed by atoms with Gasteiger partial charge in [-0.1, -0.05) is 0 Å². The number of aromatic nitrogens is 4. The fourth-order valence-electron chi connectivity index (χ4n) is 3.78. The number of nitrogens with one attached hydrogen (secondary N) is 1. The van der Waals surface area contributed by atoms with Crippen LogP contribution in [0.1, 0.15) is 6.23 Å². The largest absolute Gasteiger partial charge is 0.393 e. The predicted octanol–water partition coefficient (Wildman–Crippen LogP) is -1.65. The van der Waals surface area contributed by atoms with Gasteiger partial charge in [0.25, 0.3) is 11.5 Å². The first kappa shape index (κ1) is 15.4. The van der Waals surface area contributed by atoms with Gasteiger partial charge >= 0.3 is 0 Å². The van der Waals surface area contributed by atoms with E-state index < -0.39 is 24.0 Å². The smallest absolute Gasteiger partial charge is 0.280 e. The van der Waals surface area contributed by atoms with Gasteiger partial charge in [0.15, 0.2) is 23.0 Å². The molecular formula is C13H16N6O4S. The van der Waals surface area contributed by atoms with Crippen LogP contribution in [0.15, 0.2) is 11.1 Å². The van der Waals surface area contributed by atoms with E-state index >= 15 is 0 Å². The van der Waals surface area contributed by atoms with Crippen LogP contribution in [-0.2, 0) is 9.53 Å². The first-order valence-corrected chi connectivity index (χ1v) is 7.97. The number of morpholine rings is 1. The third-order valence-corrected chi connectivity index (χ3v) is 5.31. The lowest BCUT2D eigenvalue weighted by atomic mass is 9.90. The Labute approximate surface area is 141 Å². The summed E-state index contributed by atoms with van der Waals surface area (Å²) in [5.41, 5.74) is 4.22. The summed E-state index contributed by atoms with van der Waals surface area (Å²) < 4.78 is 7.53. The van der Waals surface area contributed by atoms with Crippen molar-refractivity contribution in [1.82, 2.24) is 24.4 Å². The molecule has 2 unspecified atom stereocenters. The molecule has 2 bridgehead atoms. The first-order valence-electron chi connectivity index (χ1n) is 7.33. The standard InChI is InChI=1S/C13H16N6O4S/c1-18-7-5(2-24)13(3-20,11(18)22)23-10(7)19-4-15-6-8(19)16-12(14)17-9(6)21/h4-5,7,10,20,24H,2-3H2,1H3,(H3,14,16,17,21)/t5?,7?,10-,13-/m1/s1. The predicted molar refractivity (Wildman–Crippen MR) is 86.4 cm³/mol. The van der Waals surface area contributed by atoms with Gasteiger partial charge < -0.3 is 20.5 Å². The third-order valence-electron chi connectivity index (χ3n) is 4.92. The van der Waals surface area contributed by atoms with E-state index in [0.29, 0.717) is 5.75 Å².